The number of nitrogens with two attached hydrogens (primary N) is 1. The highest BCUT2D eigenvalue weighted by molar-refractivity contribution is 7.23. The molecule has 4 aromatic rings. The average molecular weight is 496 g/mol. The molecule has 3 aromatic heterocycles. The number of aromatic nitrogens is 3. The Labute approximate surface area is 204 Å². The second-order valence-electron chi connectivity index (χ2n) is 7.92. The van der Waals surface area contributed by atoms with Crippen molar-refractivity contribution in [2.24, 2.45) is 0 Å². The van der Waals surface area contributed by atoms with Gasteiger partial charge in [0.15, 0.2) is 11.6 Å². The minimum absolute atomic E-state index is 0.0911. The minimum atomic E-state index is -0.607. The van der Waals surface area contributed by atoms with Gasteiger partial charge < -0.3 is 20.7 Å². The van der Waals surface area contributed by atoms with Crippen molar-refractivity contribution in [3.63, 3.8) is 0 Å². The predicted octanol–water partition coefficient (Wildman–Crippen LogP) is 4.10. The number of pyridine rings is 1. The van der Waals surface area contributed by atoms with Crippen LogP contribution in [-0.2, 0) is 18.0 Å². The van der Waals surface area contributed by atoms with E-state index in [1.165, 1.54) is 0 Å². The van der Waals surface area contributed by atoms with E-state index in [0.29, 0.717) is 30.0 Å². The lowest BCUT2D eigenvalue weighted by Gasteiger charge is -2.27. The van der Waals surface area contributed by atoms with Gasteiger partial charge in [-0.15, -0.1) is 11.3 Å². The lowest BCUT2D eigenvalue weighted by molar-refractivity contribution is 0.135. The number of nitrogens with one attached hydrogen (secondary N) is 1. The number of nitriles is 1. The summed E-state index contributed by atoms with van der Waals surface area (Å²) in [5, 5.41) is 13.9. The number of rotatable bonds is 2. The Hall–Kier alpha value is -3.46. The smallest absolute Gasteiger partial charge is 0.226 e. The van der Waals surface area contributed by atoms with E-state index in [-0.39, 0.29) is 50.6 Å². The third-order valence-corrected chi connectivity index (χ3v) is 7.16. The van der Waals surface area contributed by atoms with E-state index in [2.05, 4.69) is 20.3 Å². The van der Waals surface area contributed by atoms with Gasteiger partial charge in [0.05, 0.1) is 35.4 Å². The van der Waals surface area contributed by atoms with Gasteiger partial charge in [-0.2, -0.15) is 5.26 Å². The number of hydrogen-bond donors (Lipinski definition) is 2. The van der Waals surface area contributed by atoms with Gasteiger partial charge in [-0.3, -0.25) is 4.98 Å². The van der Waals surface area contributed by atoms with Gasteiger partial charge in [-0.1, -0.05) is 13.8 Å². The lowest BCUT2D eigenvalue weighted by atomic mass is 9.94. The van der Waals surface area contributed by atoms with Crippen LogP contribution in [0.3, 0.4) is 0 Å². The number of benzene rings is 1. The third-order valence-electron chi connectivity index (χ3n) is 6.13. The maximum absolute atomic E-state index is 16.2. The summed E-state index contributed by atoms with van der Waals surface area (Å²) in [7, 11) is 0. The first-order valence-corrected chi connectivity index (χ1v) is 12.2. The number of halogens is 2. The molecule has 2 aliphatic heterocycles. The summed E-state index contributed by atoms with van der Waals surface area (Å²) in [4.78, 5) is 15.3. The van der Waals surface area contributed by atoms with Crippen molar-refractivity contribution in [2.75, 3.05) is 36.8 Å². The van der Waals surface area contributed by atoms with Crippen LogP contribution in [0.2, 0.25) is 0 Å². The third kappa shape index (κ3) is 3.65. The van der Waals surface area contributed by atoms with Crippen LogP contribution < -0.4 is 16.0 Å². The van der Waals surface area contributed by atoms with Crippen LogP contribution in [0.15, 0.2) is 12.4 Å². The van der Waals surface area contributed by atoms with Gasteiger partial charge in [-0.25, -0.2) is 18.7 Å². The molecule has 35 heavy (non-hydrogen) atoms. The lowest BCUT2D eigenvalue weighted by Crippen LogP contribution is -2.44. The quantitative estimate of drug-likeness (QED) is 0.427. The van der Waals surface area contributed by atoms with Gasteiger partial charge in [0, 0.05) is 48.7 Å². The molecule has 1 aromatic carbocycles. The van der Waals surface area contributed by atoms with E-state index >= 15 is 4.39 Å². The monoisotopic (exact) mass is 495 g/mol. The van der Waals surface area contributed by atoms with Crippen molar-refractivity contribution in [1.29, 1.82) is 5.26 Å². The Morgan fingerprint density at radius 2 is 1.89 bits per heavy atom. The summed E-state index contributed by atoms with van der Waals surface area (Å²) in [6.45, 7) is 7.46. The Balaban J connectivity index is 0.00000124. The fourth-order valence-electron chi connectivity index (χ4n) is 4.56. The van der Waals surface area contributed by atoms with Crippen molar-refractivity contribution >= 4 is 43.3 Å². The molecule has 1 fully saturated rings. The molecule has 0 radical (unpaired) electrons. The molecule has 0 spiro atoms. The SMILES string of the molecule is CC.N#Cc1c(N)sc2c(F)cnc(-c3c4c(c5cnc(N6CCNCC6)nc5c3F)COC4)c12. The summed E-state index contributed by atoms with van der Waals surface area (Å²) in [6, 6.07) is 2.02. The standard InChI is InChI=1S/C22H17F2N7OS.C2H6/c23-14-7-28-19(16-10(5-25)21(26)33-20(14)16)15-13-9-32-8-12(13)11-6-29-22(30-18(11)17(15)24)31-3-1-27-2-4-31;1-2/h6-7,27H,1-4,8-9,26H2;1-2H3. The van der Waals surface area contributed by atoms with Crippen LogP contribution in [0, 0.1) is 23.0 Å². The van der Waals surface area contributed by atoms with Crippen LogP contribution in [0.4, 0.5) is 19.7 Å². The molecule has 11 heteroatoms. The normalized spacial score (nSPS) is 15.1. The molecule has 180 valence electrons. The number of hydrogen-bond acceptors (Lipinski definition) is 9. The highest BCUT2D eigenvalue weighted by atomic mass is 32.1. The molecular weight excluding hydrogens is 472 g/mol. The van der Waals surface area contributed by atoms with Crippen molar-refractivity contribution in [2.45, 2.75) is 27.1 Å². The molecule has 0 aliphatic carbocycles. The number of fused-ring (bicyclic) bond motifs is 4. The molecule has 8 nitrogen and oxygen atoms in total. The van der Waals surface area contributed by atoms with Crippen LogP contribution >= 0.6 is 11.3 Å². The van der Waals surface area contributed by atoms with Gasteiger partial charge in [0.25, 0.3) is 0 Å². The summed E-state index contributed by atoms with van der Waals surface area (Å²) < 4.78 is 36.6. The topological polar surface area (TPSA) is 113 Å². The molecule has 0 amide bonds. The summed E-state index contributed by atoms with van der Waals surface area (Å²) in [5.41, 5.74) is 7.93. The molecular formula is C24H23F2N7OS. The molecule has 0 saturated carbocycles. The van der Waals surface area contributed by atoms with Crippen molar-refractivity contribution in [3.8, 4) is 17.3 Å². The van der Waals surface area contributed by atoms with Crippen molar-refractivity contribution < 1.29 is 13.5 Å². The van der Waals surface area contributed by atoms with Gasteiger partial charge in [0.2, 0.25) is 5.95 Å². The largest absolute Gasteiger partial charge is 0.389 e. The van der Waals surface area contributed by atoms with Gasteiger partial charge in [-0.05, 0) is 11.1 Å². The molecule has 0 atom stereocenters. The Kier molecular flexibility index (Phi) is 6.19. The fraction of sp³-hybridized carbons (Fsp3) is 0.333. The van der Waals surface area contributed by atoms with Crippen molar-refractivity contribution in [3.05, 3.63) is 40.7 Å². The average Bonchev–Trinajstić information content (AvgIpc) is 3.52. The summed E-state index contributed by atoms with van der Waals surface area (Å²) in [5.74, 6) is -0.756. The highest BCUT2D eigenvalue weighted by Gasteiger charge is 2.30. The van der Waals surface area contributed by atoms with Crippen LogP contribution in [0.1, 0.15) is 30.5 Å². The molecule has 1 saturated heterocycles. The maximum Gasteiger partial charge on any atom is 0.226 e. The van der Waals surface area contributed by atoms with E-state index < -0.39 is 11.6 Å². The molecule has 0 bridgehead atoms. The number of ether oxygens (including phenoxy) is 1. The molecule has 3 N–H and O–H groups in total. The number of nitrogen functional groups attached to an aromatic ring is 1. The van der Waals surface area contributed by atoms with E-state index in [0.717, 1.165) is 36.2 Å². The fourth-order valence-corrected chi connectivity index (χ4v) is 5.48. The Morgan fingerprint density at radius 3 is 2.63 bits per heavy atom. The van der Waals surface area contributed by atoms with Crippen LogP contribution in [0.5, 0.6) is 0 Å². The first kappa shape index (κ1) is 23.3. The zero-order valence-electron chi connectivity index (χ0n) is 19.3. The Morgan fingerprint density at radius 1 is 1.14 bits per heavy atom. The second-order valence-corrected chi connectivity index (χ2v) is 8.97. The summed E-state index contributed by atoms with van der Waals surface area (Å²) >= 11 is 0.951. The number of nitrogens with zero attached hydrogens (tertiary/aromatic N) is 5. The molecule has 5 heterocycles. The van der Waals surface area contributed by atoms with Crippen molar-refractivity contribution in [1.82, 2.24) is 20.3 Å². The van der Waals surface area contributed by atoms with Crippen LogP contribution in [-0.4, -0.2) is 41.1 Å². The molecule has 2 aliphatic rings. The van der Waals surface area contributed by atoms with E-state index in [4.69, 9.17) is 10.5 Å². The number of thiophene rings is 1. The maximum atomic E-state index is 16.2. The first-order valence-electron chi connectivity index (χ1n) is 11.4. The minimum Gasteiger partial charge on any atom is -0.389 e. The van der Waals surface area contributed by atoms with E-state index in [1.807, 2.05) is 24.8 Å². The number of anilines is 2. The zero-order chi connectivity index (χ0) is 24.7. The van der Waals surface area contributed by atoms with E-state index in [1.54, 1.807) is 6.20 Å². The Bertz CT molecular complexity index is 1490. The van der Waals surface area contributed by atoms with Gasteiger partial charge in [0.1, 0.15) is 16.6 Å². The number of piperazine rings is 1. The molecule has 0 unspecified atom stereocenters. The van der Waals surface area contributed by atoms with Gasteiger partial charge >= 0.3 is 0 Å². The first-order chi connectivity index (χ1) is 17.1. The molecule has 6 rings (SSSR count). The van der Waals surface area contributed by atoms with E-state index in [9.17, 15) is 9.65 Å². The van der Waals surface area contributed by atoms with Crippen LogP contribution in [0.25, 0.3) is 32.2 Å². The second kappa shape index (κ2) is 9.30. The highest BCUT2D eigenvalue weighted by Crippen LogP contribution is 2.44. The predicted molar refractivity (Wildman–Crippen MR) is 132 cm³/mol. The summed E-state index contributed by atoms with van der Waals surface area (Å²) in [6.07, 6.45) is 2.67. The zero-order valence-corrected chi connectivity index (χ0v) is 20.1.